The summed E-state index contributed by atoms with van der Waals surface area (Å²) < 4.78 is 1.13. The second kappa shape index (κ2) is 8.32. The maximum absolute atomic E-state index is 12.3. The molecular weight excluding hydrogens is 382 g/mol. The van der Waals surface area contributed by atoms with E-state index in [4.69, 9.17) is 0 Å². The second-order valence-corrected chi connectivity index (χ2v) is 7.19. The number of hydrogen-bond donors (Lipinski definition) is 2. The largest absolute Gasteiger partial charge is 0.356 e. The van der Waals surface area contributed by atoms with Crippen molar-refractivity contribution < 1.29 is 4.79 Å². The third kappa shape index (κ3) is 4.45. The molecule has 0 aliphatic carbocycles. The summed E-state index contributed by atoms with van der Waals surface area (Å²) >= 11 is 0. The lowest BCUT2D eigenvalue weighted by atomic mass is 10.2. The number of aryl methyl sites for hydroxylation is 2. The van der Waals surface area contributed by atoms with Crippen LogP contribution in [0.5, 0.6) is 0 Å². The Morgan fingerprint density at radius 2 is 1.70 bits per heavy atom. The number of amides is 1. The Labute approximate surface area is 173 Å². The topological polar surface area (TPSA) is 105 Å². The van der Waals surface area contributed by atoms with E-state index in [2.05, 4.69) is 30.6 Å². The van der Waals surface area contributed by atoms with E-state index in [0.29, 0.717) is 5.69 Å². The molecule has 0 bridgehead atoms. The van der Waals surface area contributed by atoms with Gasteiger partial charge in [0.15, 0.2) is 0 Å². The van der Waals surface area contributed by atoms with Crippen LogP contribution in [0.1, 0.15) is 29.2 Å². The molecule has 9 heteroatoms. The zero-order valence-electron chi connectivity index (χ0n) is 16.9. The first-order valence-corrected chi connectivity index (χ1v) is 9.81. The summed E-state index contributed by atoms with van der Waals surface area (Å²) in [4.78, 5) is 35.0. The van der Waals surface area contributed by atoms with E-state index in [1.165, 1.54) is 32.0 Å². The summed E-state index contributed by atoms with van der Waals surface area (Å²) in [5.41, 5.74) is 1.37. The number of aromatic nitrogens is 4. The Morgan fingerprint density at radius 1 is 1.00 bits per heavy atom. The van der Waals surface area contributed by atoms with E-state index in [1.54, 1.807) is 12.1 Å². The minimum absolute atomic E-state index is 0.171. The lowest BCUT2D eigenvalue weighted by Crippen LogP contribution is -2.23. The molecule has 0 saturated carbocycles. The van der Waals surface area contributed by atoms with Gasteiger partial charge >= 0.3 is 0 Å². The molecule has 1 fully saturated rings. The zero-order chi connectivity index (χ0) is 21.1. The molecule has 30 heavy (non-hydrogen) atoms. The Morgan fingerprint density at radius 3 is 2.40 bits per heavy atom. The van der Waals surface area contributed by atoms with Crippen LogP contribution in [0, 0.1) is 6.92 Å². The fraction of sp³-hybridized carbons (Fsp3) is 0.286. The van der Waals surface area contributed by atoms with Gasteiger partial charge in [-0.2, -0.15) is 5.10 Å². The highest BCUT2D eigenvalue weighted by atomic mass is 16.2. The van der Waals surface area contributed by atoms with Crippen LogP contribution in [-0.2, 0) is 7.05 Å². The smallest absolute Gasteiger partial charge is 0.276 e. The van der Waals surface area contributed by atoms with Crippen LogP contribution in [0.3, 0.4) is 0 Å². The summed E-state index contributed by atoms with van der Waals surface area (Å²) in [5.74, 6) is 2.01. The van der Waals surface area contributed by atoms with Crippen molar-refractivity contribution in [3.63, 3.8) is 0 Å². The highest BCUT2D eigenvalue weighted by Crippen LogP contribution is 2.23. The first-order chi connectivity index (χ1) is 14.5. The molecule has 1 saturated heterocycles. The molecule has 2 aromatic heterocycles. The molecule has 0 spiro atoms. The van der Waals surface area contributed by atoms with Crippen LogP contribution >= 0.6 is 0 Å². The van der Waals surface area contributed by atoms with Crippen molar-refractivity contribution in [1.82, 2.24) is 19.7 Å². The molecule has 0 unspecified atom stereocenters. The first-order valence-electron chi connectivity index (χ1n) is 9.81. The molecule has 3 heterocycles. The fourth-order valence-electron chi connectivity index (χ4n) is 3.33. The van der Waals surface area contributed by atoms with E-state index in [0.717, 1.165) is 40.9 Å². The van der Waals surface area contributed by atoms with E-state index in [9.17, 15) is 9.59 Å². The van der Waals surface area contributed by atoms with E-state index >= 15 is 0 Å². The van der Waals surface area contributed by atoms with Crippen molar-refractivity contribution in [2.45, 2.75) is 19.8 Å². The van der Waals surface area contributed by atoms with Gasteiger partial charge in [-0.15, -0.1) is 0 Å². The summed E-state index contributed by atoms with van der Waals surface area (Å²) in [6, 6.07) is 12.0. The van der Waals surface area contributed by atoms with Gasteiger partial charge in [0.05, 0.1) is 0 Å². The van der Waals surface area contributed by atoms with Gasteiger partial charge < -0.3 is 15.5 Å². The molecule has 154 valence electrons. The number of hydrogen-bond acceptors (Lipinski definition) is 7. The third-order valence-corrected chi connectivity index (χ3v) is 4.86. The summed E-state index contributed by atoms with van der Waals surface area (Å²) in [5, 5.41) is 10.0. The van der Waals surface area contributed by atoms with Crippen LogP contribution in [0.15, 0.2) is 47.3 Å². The molecule has 0 radical (unpaired) electrons. The Balaban J connectivity index is 1.44. The average Bonchev–Trinajstić information content (AvgIpc) is 3.26. The van der Waals surface area contributed by atoms with Crippen LogP contribution in [0.2, 0.25) is 0 Å². The van der Waals surface area contributed by atoms with Gasteiger partial charge in [-0.3, -0.25) is 9.59 Å². The third-order valence-electron chi connectivity index (χ3n) is 4.86. The van der Waals surface area contributed by atoms with Crippen LogP contribution in [0.25, 0.3) is 0 Å². The molecule has 3 aromatic rings. The number of nitrogens with zero attached hydrogens (tertiary/aromatic N) is 5. The number of nitrogens with one attached hydrogen (secondary N) is 2. The molecule has 1 aliphatic rings. The first kappa shape index (κ1) is 19.6. The van der Waals surface area contributed by atoms with Gasteiger partial charge in [0.1, 0.15) is 23.2 Å². The van der Waals surface area contributed by atoms with Crippen molar-refractivity contribution in [2.24, 2.45) is 7.05 Å². The average molecular weight is 405 g/mol. The van der Waals surface area contributed by atoms with Gasteiger partial charge in [-0.1, -0.05) is 0 Å². The van der Waals surface area contributed by atoms with Crippen LogP contribution < -0.4 is 21.1 Å². The van der Waals surface area contributed by atoms with E-state index in [1.807, 2.05) is 25.1 Å². The number of anilines is 4. The molecular formula is C21H23N7O2. The molecule has 4 rings (SSSR count). The normalized spacial score (nSPS) is 13.3. The minimum Gasteiger partial charge on any atom is -0.356 e. The number of benzene rings is 1. The van der Waals surface area contributed by atoms with Gasteiger partial charge in [0.25, 0.3) is 11.5 Å². The lowest BCUT2D eigenvalue weighted by Gasteiger charge is -2.18. The minimum atomic E-state index is -0.381. The Kier molecular flexibility index (Phi) is 5.42. The standard InChI is InChI=1S/C21H23N7O2/c1-14-22-18(13-19(23-14)28-11-3-4-12-28)24-15-5-7-16(8-6-15)25-21(30)17-9-10-20(29)27(2)26-17/h5-10,13H,3-4,11-12H2,1-2H3,(H,25,30)(H,22,23,24). The highest BCUT2D eigenvalue weighted by molar-refractivity contribution is 6.02. The predicted molar refractivity (Wildman–Crippen MR) is 115 cm³/mol. The SMILES string of the molecule is Cc1nc(Nc2ccc(NC(=O)c3ccc(=O)n(C)n3)cc2)cc(N2CCCC2)n1. The Hall–Kier alpha value is -3.75. The summed E-state index contributed by atoms with van der Waals surface area (Å²) in [7, 11) is 1.50. The highest BCUT2D eigenvalue weighted by Gasteiger charge is 2.15. The van der Waals surface area contributed by atoms with Crippen molar-refractivity contribution in [1.29, 1.82) is 0 Å². The molecule has 1 amide bonds. The summed E-state index contributed by atoms with van der Waals surface area (Å²) in [6.45, 7) is 3.93. The predicted octanol–water partition coefficient (Wildman–Crippen LogP) is 2.47. The van der Waals surface area contributed by atoms with Gasteiger partial charge in [0.2, 0.25) is 0 Å². The van der Waals surface area contributed by atoms with E-state index < -0.39 is 0 Å². The Bertz CT molecular complexity index is 1120. The quantitative estimate of drug-likeness (QED) is 0.672. The lowest BCUT2D eigenvalue weighted by molar-refractivity contribution is 0.102. The molecule has 1 aliphatic heterocycles. The fourth-order valence-corrected chi connectivity index (χ4v) is 3.33. The van der Waals surface area contributed by atoms with Gasteiger partial charge in [-0.05, 0) is 50.1 Å². The maximum Gasteiger partial charge on any atom is 0.276 e. The molecule has 0 atom stereocenters. The number of carbonyl (C=O) groups excluding carboxylic acids is 1. The molecule has 2 N–H and O–H groups in total. The molecule has 1 aromatic carbocycles. The van der Waals surface area contributed by atoms with E-state index in [-0.39, 0.29) is 17.2 Å². The van der Waals surface area contributed by atoms with Crippen molar-refractivity contribution >= 4 is 28.9 Å². The van der Waals surface area contributed by atoms with Crippen molar-refractivity contribution in [3.8, 4) is 0 Å². The number of rotatable bonds is 5. The monoisotopic (exact) mass is 405 g/mol. The number of carbonyl (C=O) groups is 1. The summed E-state index contributed by atoms with van der Waals surface area (Å²) in [6.07, 6.45) is 2.38. The van der Waals surface area contributed by atoms with Crippen LogP contribution in [-0.4, -0.2) is 38.7 Å². The molecule has 9 nitrogen and oxygen atoms in total. The zero-order valence-corrected chi connectivity index (χ0v) is 16.9. The van der Waals surface area contributed by atoms with Crippen molar-refractivity contribution in [2.75, 3.05) is 28.6 Å². The second-order valence-electron chi connectivity index (χ2n) is 7.19. The van der Waals surface area contributed by atoms with Gasteiger partial charge in [0, 0.05) is 43.6 Å². The maximum atomic E-state index is 12.3. The van der Waals surface area contributed by atoms with Gasteiger partial charge in [-0.25, -0.2) is 14.6 Å². The van der Waals surface area contributed by atoms with Crippen LogP contribution in [0.4, 0.5) is 23.0 Å². The van der Waals surface area contributed by atoms with Crippen molar-refractivity contribution in [3.05, 3.63) is 64.3 Å².